The van der Waals surface area contributed by atoms with Crippen molar-refractivity contribution in [3.05, 3.63) is 29.6 Å². The van der Waals surface area contributed by atoms with Gasteiger partial charge >= 0.3 is 0 Å². The van der Waals surface area contributed by atoms with Gasteiger partial charge in [-0.3, -0.25) is 9.78 Å². The molecule has 4 heteroatoms. The van der Waals surface area contributed by atoms with Gasteiger partial charge in [0.25, 0.3) is 5.91 Å². The van der Waals surface area contributed by atoms with Crippen LogP contribution >= 0.6 is 0 Å². The summed E-state index contributed by atoms with van der Waals surface area (Å²) in [6.45, 7) is 3.55. The molecule has 0 spiro atoms. The van der Waals surface area contributed by atoms with Crippen LogP contribution in [-0.2, 0) is 0 Å². The number of hydrogen-bond acceptors (Lipinski definition) is 3. The molecule has 1 aromatic heterocycles. The van der Waals surface area contributed by atoms with Crippen LogP contribution < -0.4 is 5.32 Å². The highest BCUT2D eigenvalue weighted by Crippen LogP contribution is 2.01. The lowest BCUT2D eigenvalue weighted by Crippen LogP contribution is -2.35. The maximum Gasteiger partial charge on any atom is 0.253 e. The molecule has 0 saturated carbocycles. The van der Waals surface area contributed by atoms with Crippen molar-refractivity contribution in [2.24, 2.45) is 0 Å². The van der Waals surface area contributed by atoms with Crippen LogP contribution in [0.1, 0.15) is 22.8 Å². The van der Waals surface area contributed by atoms with E-state index in [9.17, 15) is 4.79 Å². The van der Waals surface area contributed by atoms with Crippen LogP contribution in [0.15, 0.2) is 18.5 Å². The van der Waals surface area contributed by atoms with Gasteiger partial charge in [0.1, 0.15) is 0 Å². The minimum atomic E-state index is -0.233. The minimum Gasteiger partial charge on any atom is -0.394 e. The van der Waals surface area contributed by atoms with E-state index < -0.39 is 0 Å². The number of hydrogen-bond donors (Lipinski definition) is 2. The second-order valence-corrected chi connectivity index (χ2v) is 3.31. The van der Waals surface area contributed by atoms with Crippen molar-refractivity contribution in [1.29, 1.82) is 0 Å². The van der Waals surface area contributed by atoms with E-state index in [1.165, 1.54) is 6.20 Å². The Morgan fingerprint density at radius 2 is 2.36 bits per heavy atom. The molecule has 76 valence electrons. The van der Waals surface area contributed by atoms with Crippen molar-refractivity contribution in [2.45, 2.75) is 19.9 Å². The normalized spacial score (nSPS) is 12.2. The Morgan fingerprint density at radius 1 is 1.64 bits per heavy atom. The van der Waals surface area contributed by atoms with E-state index in [4.69, 9.17) is 5.11 Å². The van der Waals surface area contributed by atoms with Crippen molar-refractivity contribution >= 4 is 5.91 Å². The molecule has 1 rings (SSSR count). The first-order valence-electron chi connectivity index (χ1n) is 4.47. The van der Waals surface area contributed by atoms with Crippen LogP contribution in [0.5, 0.6) is 0 Å². The minimum absolute atomic E-state index is 0.0645. The van der Waals surface area contributed by atoms with E-state index in [2.05, 4.69) is 10.3 Å². The third kappa shape index (κ3) is 2.81. The fourth-order valence-corrected chi connectivity index (χ4v) is 1.03. The van der Waals surface area contributed by atoms with Gasteiger partial charge in [0, 0.05) is 18.4 Å². The zero-order valence-corrected chi connectivity index (χ0v) is 8.32. The number of aryl methyl sites for hydroxylation is 1. The van der Waals surface area contributed by atoms with Crippen LogP contribution in [0.4, 0.5) is 0 Å². The third-order valence-corrected chi connectivity index (χ3v) is 1.79. The van der Waals surface area contributed by atoms with Gasteiger partial charge in [0.15, 0.2) is 0 Å². The molecule has 0 aromatic carbocycles. The van der Waals surface area contributed by atoms with E-state index in [1.807, 2.05) is 6.92 Å². The van der Waals surface area contributed by atoms with Crippen LogP contribution in [0.2, 0.25) is 0 Å². The fourth-order valence-electron chi connectivity index (χ4n) is 1.03. The van der Waals surface area contributed by atoms with Gasteiger partial charge in [0.05, 0.1) is 12.2 Å². The van der Waals surface area contributed by atoms with Crippen molar-refractivity contribution in [2.75, 3.05) is 6.61 Å². The Bertz CT molecular complexity index is 326. The largest absolute Gasteiger partial charge is 0.394 e. The molecule has 2 N–H and O–H groups in total. The molecule has 1 atom stereocenters. The van der Waals surface area contributed by atoms with Crippen molar-refractivity contribution in [1.82, 2.24) is 10.3 Å². The SMILES string of the molecule is Cc1cncc(C(=O)N[C@@H](C)CO)c1. The summed E-state index contributed by atoms with van der Waals surface area (Å²) in [4.78, 5) is 15.4. The van der Waals surface area contributed by atoms with Crippen LogP contribution in [0.3, 0.4) is 0 Å². The van der Waals surface area contributed by atoms with Gasteiger partial charge in [0.2, 0.25) is 0 Å². The lowest BCUT2D eigenvalue weighted by Gasteiger charge is -2.10. The standard InChI is InChI=1S/C10H14N2O2/c1-7-3-9(5-11-4-7)10(14)12-8(2)6-13/h3-5,8,13H,6H2,1-2H3,(H,12,14)/t8-/m0/s1. The third-order valence-electron chi connectivity index (χ3n) is 1.79. The predicted octanol–water partition coefficient (Wildman–Crippen LogP) is 0.501. The highest BCUT2D eigenvalue weighted by atomic mass is 16.3. The molecule has 1 aromatic rings. The van der Waals surface area contributed by atoms with Crippen LogP contribution in [-0.4, -0.2) is 28.6 Å². The summed E-state index contributed by atoms with van der Waals surface area (Å²) in [6.07, 6.45) is 3.19. The van der Waals surface area contributed by atoms with Gasteiger partial charge in [-0.05, 0) is 25.5 Å². The summed E-state index contributed by atoms with van der Waals surface area (Å²) in [5.41, 5.74) is 1.46. The second kappa shape index (κ2) is 4.72. The van der Waals surface area contributed by atoms with Crippen molar-refractivity contribution in [3.8, 4) is 0 Å². The summed E-state index contributed by atoms with van der Waals surface area (Å²) in [6, 6.07) is 1.52. The first kappa shape index (κ1) is 10.7. The number of nitrogens with zero attached hydrogens (tertiary/aromatic N) is 1. The maximum absolute atomic E-state index is 11.5. The topological polar surface area (TPSA) is 62.2 Å². The quantitative estimate of drug-likeness (QED) is 0.736. The Morgan fingerprint density at radius 3 is 2.93 bits per heavy atom. The molecular formula is C10H14N2O2. The molecule has 0 bridgehead atoms. The first-order valence-corrected chi connectivity index (χ1v) is 4.47. The van der Waals surface area contributed by atoms with Crippen molar-refractivity contribution in [3.63, 3.8) is 0 Å². The lowest BCUT2D eigenvalue weighted by molar-refractivity contribution is 0.0922. The van der Waals surface area contributed by atoms with Gasteiger partial charge in [-0.25, -0.2) is 0 Å². The molecule has 1 heterocycles. The highest BCUT2D eigenvalue weighted by molar-refractivity contribution is 5.94. The summed E-state index contributed by atoms with van der Waals surface area (Å²) >= 11 is 0. The Labute approximate surface area is 83.0 Å². The number of carbonyl (C=O) groups is 1. The molecule has 0 unspecified atom stereocenters. The number of aromatic nitrogens is 1. The fraction of sp³-hybridized carbons (Fsp3) is 0.400. The Kier molecular flexibility index (Phi) is 3.59. The summed E-state index contributed by atoms with van der Waals surface area (Å²) in [7, 11) is 0. The molecule has 1 amide bonds. The molecule has 0 radical (unpaired) electrons. The number of pyridine rings is 1. The number of carbonyl (C=O) groups excluding carboxylic acids is 1. The molecule has 0 aliphatic rings. The van der Waals surface area contributed by atoms with E-state index in [0.717, 1.165) is 5.56 Å². The summed E-state index contributed by atoms with van der Waals surface area (Å²) in [5, 5.41) is 11.4. The molecule has 4 nitrogen and oxygen atoms in total. The Balaban J connectivity index is 2.70. The first-order chi connectivity index (χ1) is 6.63. The average Bonchev–Trinajstić information content (AvgIpc) is 2.17. The van der Waals surface area contributed by atoms with Gasteiger partial charge in [-0.2, -0.15) is 0 Å². The van der Waals surface area contributed by atoms with Crippen molar-refractivity contribution < 1.29 is 9.90 Å². The van der Waals surface area contributed by atoms with E-state index in [1.54, 1.807) is 19.2 Å². The van der Waals surface area contributed by atoms with E-state index in [-0.39, 0.29) is 18.6 Å². The second-order valence-electron chi connectivity index (χ2n) is 3.31. The lowest BCUT2D eigenvalue weighted by atomic mass is 10.2. The van der Waals surface area contributed by atoms with Crippen LogP contribution in [0, 0.1) is 6.92 Å². The molecule has 0 aliphatic heterocycles. The number of amides is 1. The van der Waals surface area contributed by atoms with Gasteiger partial charge in [-0.15, -0.1) is 0 Å². The zero-order chi connectivity index (χ0) is 10.6. The number of nitrogens with one attached hydrogen (secondary N) is 1. The molecular weight excluding hydrogens is 180 g/mol. The van der Waals surface area contributed by atoms with E-state index >= 15 is 0 Å². The molecule has 0 saturated heterocycles. The summed E-state index contributed by atoms with van der Waals surface area (Å²) < 4.78 is 0. The summed E-state index contributed by atoms with van der Waals surface area (Å²) in [5.74, 6) is -0.206. The highest BCUT2D eigenvalue weighted by Gasteiger charge is 2.08. The molecule has 0 aliphatic carbocycles. The van der Waals surface area contributed by atoms with E-state index in [0.29, 0.717) is 5.56 Å². The monoisotopic (exact) mass is 194 g/mol. The van der Waals surface area contributed by atoms with Crippen LogP contribution in [0.25, 0.3) is 0 Å². The predicted molar refractivity (Wildman–Crippen MR) is 53.0 cm³/mol. The smallest absolute Gasteiger partial charge is 0.253 e. The number of rotatable bonds is 3. The number of aliphatic hydroxyl groups excluding tert-OH is 1. The zero-order valence-electron chi connectivity index (χ0n) is 8.32. The Hall–Kier alpha value is -1.42. The van der Waals surface area contributed by atoms with Gasteiger partial charge in [-0.1, -0.05) is 0 Å². The number of aliphatic hydroxyl groups is 1. The molecule has 14 heavy (non-hydrogen) atoms. The van der Waals surface area contributed by atoms with Gasteiger partial charge < -0.3 is 10.4 Å². The average molecular weight is 194 g/mol. The molecule has 0 fully saturated rings. The maximum atomic E-state index is 11.5.